The quantitative estimate of drug-likeness (QED) is 0.688. The predicted octanol–water partition coefficient (Wildman–Crippen LogP) is 0.237. The van der Waals surface area contributed by atoms with E-state index in [0.29, 0.717) is 0 Å². The zero-order chi connectivity index (χ0) is 14.8. The monoisotopic (exact) mass is 272 g/mol. The van der Waals surface area contributed by atoms with Gasteiger partial charge in [0.2, 0.25) is 0 Å². The van der Waals surface area contributed by atoms with E-state index in [0.717, 1.165) is 0 Å². The van der Waals surface area contributed by atoms with E-state index in [-0.39, 0.29) is 19.1 Å². The molecular weight excluding hydrogens is 252 g/mol. The molecule has 7 nitrogen and oxygen atoms in total. The molecule has 1 rings (SSSR count). The standard InChI is InChI=1S/C12H20N2O5/c1-12(2,3)19-9(15)7-14-6-8(10(16)18-5)13(4)11(14)17/h8H,6-7H2,1-5H3/t8-/m1/s1. The maximum absolute atomic E-state index is 11.9. The molecule has 7 heteroatoms. The SMILES string of the molecule is COC(=O)[C@H]1CN(CC(=O)OC(C)(C)C)C(=O)N1C. The van der Waals surface area contributed by atoms with Crippen molar-refractivity contribution in [3.63, 3.8) is 0 Å². The molecule has 0 aliphatic carbocycles. The Balaban J connectivity index is 2.64. The van der Waals surface area contributed by atoms with Gasteiger partial charge in [-0.2, -0.15) is 0 Å². The minimum Gasteiger partial charge on any atom is -0.467 e. The van der Waals surface area contributed by atoms with Crippen molar-refractivity contribution in [2.24, 2.45) is 0 Å². The Hall–Kier alpha value is -1.79. The first-order chi connectivity index (χ1) is 8.65. The van der Waals surface area contributed by atoms with Crippen LogP contribution in [0.3, 0.4) is 0 Å². The van der Waals surface area contributed by atoms with Crippen LogP contribution in [0.1, 0.15) is 20.8 Å². The third kappa shape index (κ3) is 3.84. The molecule has 2 amide bonds. The van der Waals surface area contributed by atoms with Crippen LogP contribution >= 0.6 is 0 Å². The van der Waals surface area contributed by atoms with Crippen LogP contribution in [0.4, 0.5) is 4.79 Å². The summed E-state index contributed by atoms with van der Waals surface area (Å²) in [5.74, 6) is -0.998. The number of hydrogen-bond donors (Lipinski definition) is 0. The van der Waals surface area contributed by atoms with Crippen molar-refractivity contribution >= 4 is 18.0 Å². The second-order valence-corrected chi connectivity index (χ2v) is 5.40. The largest absolute Gasteiger partial charge is 0.467 e. The molecule has 0 aromatic rings. The molecule has 1 aliphatic rings. The third-order valence-corrected chi connectivity index (χ3v) is 2.65. The van der Waals surface area contributed by atoms with Crippen molar-refractivity contribution < 1.29 is 23.9 Å². The Bertz CT molecular complexity index is 388. The van der Waals surface area contributed by atoms with E-state index in [2.05, 4.69) is 4.74 Å². The first-order valence-electron chi connectivity index (χ1n) is 5.97. The van der Waals surface area contributed by atoms with E-state index in [1.165, 1.54) is 24.0 Å². The molecule has 0 saturated carbocycles. The number of nitrogens with zero attached hydrogens (tertiary/aromatic N) is 2. The van der Waals surface area contributed by atoms with Gasteiger partial charge in [0.25, 0.3) is 0 Å². The fourth-order valence-corrected chi connectivity index (χ4v) is 1.80. The summed E-state index contributed by atoms with van der Waals surface area (Å²) in [6.45, 7) is 5.20. The van der Waals surface area contributed by atoms with Gasteiger partial charge in [-0.1, -0.05) is 0 Å². The summed E-state index contributed by atoms with van der Waals surface area (Å²) in [5, 5.41) is 0. The summed E-state index contributed by atoms with van der Waals surface area (Å²) in [5.41, 5.74) is -0.604. The lowest BCUT2D eigenvalue weighted by atomic mass is 10.2. The highest BCUT2D eigenvalue weighted by molar-refractivity contribution is 5.89. The van der Waals surface area contributed by atoms with E-state index in [1.807, 2.05) is 0 Å². The number of methoxy groups -OCH3 is 1. The lowest BCUT2D eigenvalue weighted by molar-refractivity contribution is -0.155. The molecule has 0 spiro atoms. The minimum absolute atomic E-state index is 0.126. The van der Waals surface area contributed by atoms with Gasteiger partial charge in [0.05, 0.1) is 13.7 Å². The van der Waals surface area contributed by atoms with Crippen LogP contribution < -0.4 is 0 Å². The average molecular weight is 272 g/mol. The van der Waals surface area contributed by atoms with Gasteiger partial charge >= 0.3 is 18.0 Å². The second kappa shape index (κ2) is 5.46. The Morgan fingerprint density at radius 3 is 2.42 bits per heavy atom. The summed E-state index contributed by atoms with van der Waals surface area (Å²) in [7, 11) is 2.76. The zero-order valence-corrected chi connectivity index (χ0v) is 11.9. The van der Waals surface area contributed by atoms with Crippen molar-refractivity contribution in [2.75, 3.05) is 27.2 Å². The molecule has 1 heterocycles. The van der Waals surface area contributed by atoms with Gasteiger partial charge in [-0.15, -0.1) is 0 Å². The van der Waals surface area contributed by atoms with E-state index < -0.39 is 23.6 Å². The first-order valence-corrected chi connectivity index (χ1v) is 5.97. The number of esters is 2. The van der Waals surface area contributed by atoms with Crippen molar-refractivity contribution in [1.29, 1.82) is 0 Å². The molecule has 1 fully saturated rings. The fourth-order valence-electron chi connectivity index (χ4n) is 1.80. The van der Waals surface area contributed by atoms with Crippen LogP contribution in [-0.4, -0.2) is 66.7 Å². The van der Waals surface area contributed by atoms with E-state index in [4.69, 9.17) is 4.74 Å². The third-order valence-electron chi connectivity index (χ3n) is 2.65. The number of carbonyl (C=O) groups excluding carboxylic acids is 3. The van der Waals surface area contributed by atoms with Crippen LogP contribution in [0.5, 0.6) is 0 Å². The van der Waals surface area contributed by atoms with Gasteiger partial charge in [0.15, 0.2) is 0 Å². The summed E-state index contributed by atoms with van der Waals surface area (Å²) < 4.78 is 9.75. The second-order valence-electron chi connectivity index (χ2n) is 5.40. The van der Waals surface area contributed by atoms with Gasteiger partial charge in [-0.05, 0) is 20.8 Å². The summed E-state index contributed by atoms with van der Waals surface area (Å²) in [6, 6.07) is -1.07. The van der Waals surface area contributed by atoms with Crippen molar-refractivity contribution in [3.8, 4) is 0 Å². The van der Waals surface area contributed by atoms with Crippen molar-refractivity contribution in [3.05, 3.63) is 0 Å². The highest BCUT2D eigenvalue weighted by Gasteiger charge is 2.40. The molecule has 1 aliphatic heterocycles. The fraction of sp³-hybridized carbons (Fsp3) is 0.750. The summed E-state index contributed by atoms with van der Waals surface area (Å²) >= 11 is 0. The van der Waals surface area contributed by atoms with Crippen LogP contribution in [0.15, 0.2) is 0 Å². The molecule has 19 heavy (non-hydrogen) atoms. The van der Waals surface area contributed by atoms with Gasteiger partial charge < -0.3 is 19.3 Å². The van der Waals surface area contributed by atoms with E-state index >= 15 is 0 Å². The van der Waals surface area contributed by atoms with E-state index in [1.54, 1.807) is 20.8 Å². The van der Waals surface area contributed by atoms with Crippen LogP contribution in [0.25, 0.3) is 0 Å². The van der Waals surface area contributed by atoms with Crippen LogP contribution in [0.2, 0.25) is 0 Å². The highest BCUT2D eigenvalue weighted by atomic mass is 16.6. The van der Waals surface area contributed by atoms with E-state index in [9.17, 15) is 14.4 Å². The minimum atomic E-state index is -0.681. The maximum atomic E-state index is 11.9. The van der Waals surface area contributed by atoms with Crippen molar-refractivity contribution in [1.82, 2.24) is 9.80 Å². The topological polar surface area (TPSA) is 76.1 Å². The molecule has 0 radical (unpaired) electrons. The summed E-state index contributed by atoms with van der Waals surface area (Å²) in [6.07, 6.45) is 0. The molecule has 0 aromatic carbocycles. The molecule has 1 atom stereocenters. The molecule has 0 N–H and O–H groups in total. The van der Waals surface area contributed by atoms with Gasteiger partial charge in [0, 0.05) is 7.05 Å². The average Bonchev–Trinajstić information content (AvgIpc) is 2.54. The Morgan fingerprint density at radius 2 is 1.95 bits per heavy atom. The number of carbonyl (C=O) groups is 3. The highest BCUT2D eigenvalue weighted by Crippen LogP contribution is 2.16. The Labute approximate surface area is 112 Å². The predicted molar refractivity (Wildman–Crippen MR) is 66.4 cm³/mol. The lowest BCUT2D eigenvalue weighted by Gasteiger charge is -2.22. The molecule has 1 saturated heterocycles. The van der Waals surface area contributed by atoms with Crippen LogP contribution in [-0.2, 0) is 19.1 Å². The number of hydrogen-bond acceptors (Lipinski definition) is 5. The maximum Gasteiger partial charge on any atom is 0.330 e. The number of amides is 2. The van der Waals surface area contributed by atoms with Gasteiger partial charge in [-0.3, -0.25) is 4.79 Å². The zero-order valence-electron chi connectivity index (χ0n) is 11.9. The molecule has 0 bridgehead atoms. The Morgan fingerprint density at radius 1 is 1.37 bits per heavy atom. The number of ether oxygens (including phenoxy) is 2. The Kier molecular flexibility index (Phi) is 4.39. The number of rotatable bonds is 3. The smallest absolute Gasteiger partial charge is 0.330 e. The van der Waals surface area contributed by atoms with Crippen molar-refractivity contribution in [2.45, 2.75) is 32.4 Å². The molecule has 0 unspecified atom stereocenters. The number of urea groups is 1. The summed E-state index contributed by atoms with van der Waals surface area (Å²) in [4.78, 5) is 37.5. The first kappa shape index (κ1) is 15.3. The lowest BCUT2D eigenvalue weighted by Crippen LogP contribution is -2.37. The van der Waals surface area contributed by atoms with Gasteiger partial charge in [0.1, 0.15) is 18.2 Å². The van der Waals surface area contributed by atoms with Crippen LogP contribution in [0, 0.1) is 0 Å². The number of likely N-dealkylation sites (N-methyl/N-ethyl adjacent to an activating group) is 1. The molecule has 0 aromatic heterocycles. The van der Waals surface area contributed by atoms with Gasteiger partial charge in [-0.25, -0.2) is 9.59 Å². The normalized spacial score (nSPS) is 19.6. The molecular formula is C12H20N2O5. The molecule has 108 valence electrons.